The lowest BCUT2D eigenvalue weighted by atomic mass is 10.1. The monoisotopic (exact) mass is 311 g/mol. The van der Waals surface area contributed by atoms with Gasteiger partial charge in [-0.3, -0.25) is 0 Å². The molecule has 0 unspecified atom stereocenters. The Balaban J connectivity index is 1.92. The third-order valence-electron chi connectivity index (χ3n) is 3.01. The molecule has 0 atom stereocenters. The van der Waals surface area contributed by atoms with Crippen molar-refractivity contribution in [3.63, 3.8) is 0 Å². The van der Waals surface area contributed by atoms with E-state index in [1.807, 2.05) is 0 Å². The lowest BCUT2D eigenvalue weighted by Gasteiger charge is -2.05. The number of nitrogens with one attached hydrogen (secondary N) is 3. The summed E-state index contributed by atoms with van der Waals surface area (Å²) in [6.45, 7) is 0.839. The van der Waals surface area contributed by atoms with Gasteiger partial charge in [-0.15, -0.1) is 0 Å². The third kappa shape index (κ3) is 4.38. The fourth-order valence-corrected chi connectivity index (χ4v) is 2.98. The van der Waals surface area contributed by atoms with Gasteiger partial charge in [0.15, 0.2) is 0 Å². The first-order valence-corrected chi connectivity index (χ1v) is 8.05. The van der Waals surface area contributed by atoms with Crippen LogP contribution in [0.1, 0.15) is 11.3 Å². The van der Waals surface area contributed by atoms with E-state index in [0.717, 1.165) is 11.3 Å². The number of halogens is 1. The van der Waals surface area contributed by atoms with Gasteiger partial charge in [0.25, 0.3) is 0 Å². The lowest BCUT2D eigenvalue weighted by molar-refractivity contribution is 0.581. The van der Waals surface area contributed by atoms with Crippen LogP contribution in [0, 0.1) is 5.82 Å². The molecule has 21 heavy (non-hydrogen) atoms. The van der Waals surface area contributed by atoms with Crippen molar-refractivity contribution in [2.75, 3.05) is 13.6 Å². The van der Waals surface area contributed by atoms with Crippen molar-refractivity contribution in [3.8, 4) is 0 Å². The molecule has 1 heterocycles. The van der Waals surface area contributed by atoms with Gasteiger partial charge in [-0.1, -0.05) is 12.1 Å². The Hall–Kier alpha value is -1.70. The highest BCUT2D eigenvalue weighted by molar-refractivity contribution is 7.89. The number of rotatable bonds is 7. The Morgan fingerprint density at radius 3 is 2.62 bits per heavy atom. The van der Waals surface area contributed by atoms with Crippen molar-refractivity contribution in [2.45, 2.75) is 17.9 Å². The molecule has 0 saturated carbocycles. The molecule has 7 heteroatoms. The summed E-state index contributed by atoms with van der Waals surface area (Å²) < 4.78 is 39.5. The van der Waals surface area contributed by atoms with Crippen molar-refractivity contribution in [3.05, 3.63) is 53.6 Å². The SMILES string of the molecule is CNCc1cc(S(=O)(=O)NCCc2ccc(F)cc2)c[nH]1. The predicted octanol–water partition coefficient (Wildman–Crippen LogP) is 1.39. The summed E-state index contributed by atoms with van der Waals surface area (Å²) in [6, 6.07) is 7.60. The fourth-order valence-electron chi connectivity index (χ4n) is 1.93. The topological polar surface area (TPSA) is 74.0 Å². The first-order chi connectivity index (χ1) is 10.0. The summed E-state index contributed by atoms with van der Waals surface area (Å²) in [4.78, 5) is 3.12. The van der Waals surface area contributed by atoms with Gasteiger partial charge < -0.3 is 10.3 Å². The van der Waals surface area contributed by atoms with Crippen molar-refractivity contribution < 1.29 is 12.8 Å². The number of aromatic amines is 1. The van der Waals surface area contributed by atoms with Gasteiger partial charge in [0.2, 0.25) is 10.0 Å². The summed E-state index contributed by atoms with van der Waals surface area (Å²) in [5.41, 5.74) is 1.68. The standard InChI is InChI=1S/C14H18FN3O2S/c1-16-9-13-8-14(10-17-13)21(19,20)18-7-6-11-2-4-12(15)5-3-11/h2-5,8,10,16-18H,6-7,9H2,1H3. The first kappa shape index (κ1) is 15.7. The minimum Gasteiger partial charge on any atom is -0.363 e. The lowest BCUT2D eigenvalue weighted by Crippen LogP contribution is -2.25. The average molecular weight is 311 g/mol. The molecule has 0 bridgehead atoms. The van der Waals surface area contributed by atoms with E-state index in [9.17, 15) is 12.8 Å². The van der Waals surface area contributed by atoms with E-state index in [1.165, 1.54) is 18.3 Å². The molecule has 1 aromatic carbocycles. The molecule has 1 aromatic heterocycles. The number of benzene rings is 1. The Kier molecular flexibility index (Phi) is 5.11. The van der Waals surface area contributed by atoms with Crippen LogP contribution in [-0.2, 0) is 23.0 Å². The Morgan fingerprint density at radius 1 is 1.24 bits per heavy atom. The van der Waals surface area contributed by atoms with Gasteiger partial charge in [-0.25, -0.2) is 17.5 Å². The molecule has 0 aliphatic rings. The maximum Gasteiger partial charge on any atom is 0.242 e. The van der Waals surface area contributed by atoms with Crippen LogP contribution in [0.15, 0.2) is 41.4 Å². The van der Waals surface area contributed by atoms with Crippen molar-refractivity contribution in [1.29, 1.82) is 0 Å². The van der Waals surface area contributed by atoms with Crippen LogP contribution in [-0.4, -0.2) is 27.0 Å². The molecule has 114 valence electrons. The Morgan fingerprint density at radius 2 is 1.95 bits per heavy atom. The Bertz CT molecular complexity index is 680. The number of hydrogen-bond donors (Lipinski definition) is 3. The number of H-pyrrole nitrogens is 1. The second-order valence-electron chi connectivity index (χ2n) is 4.67. The first-order valence-electron chi connectivity index (χ1n) is 6.57. The van der Waals surface area contributed by atoms with Crippen LogP contribution < -0.4 is 10.0 Å². The number of hydrogen-bond acceptors (Lipinski definition) is 3. The van der Waals surface area contributed by atoms with Crippen molar-refractivity contribution >= 4 is 10.0 Å². The quantitative estimate of drug-likeness (QED) is 0.723. The molecule has 3 N–H and O–H groups in total. The molecular weight excluding hydrogens is 293 g/mol. The minimum atomic E-state index is -3.52. The molecule has 0 amide bonds. The van der Waals surface area contributed by atoms with Gasteiger partial charge in [0.1, 0.15) is 5.82 Å². The molecule has 0 aliphatic carbocycles. The third-order valence-corrected chi connectivity index (χ3v) is 4.45. The second kappa shape index (κ2) is 6.84. The smallest absolute Gasteiger partial charge is 0.242 e. The molecule has 0 spiro atoms. The summed E-state index contributed by atoms with van der Waals surface area (Å²) >= 11 is 0. The van der Waals surface area contributed by atoms with Crippen LogP contribution >= 0.6 is 0 Å². The van der Waals surface area contributed by atoms with Gasteiger partial charge in [0, 0.05) is 25.0 Å². The van der Waals surface area contributed by atoms with Gasteiger partial charge in [0.05, 0.1) is 4.90 Å². The fraction of sp³-hybridized carbons (Fsp3) is 0.286. The van der Waals surface area contributed by atoms with Gasteiger partial charge in [-0.05, 0) is 37.2 Å². The molecule has 0 aliphatic heterocycles. The summed E-state index contributed by atoms with van der Waals surface area (Å²) in [6.07, 6.45) is 1.97. The zero-order valence-electron chi connectivity index (χ0n) is 11.7. The highest BCUT2D eigenvalue weighted by atomic mass is 32.2. The van der Waals surface area contributed by atoms with Crippen LogP contribution in [0.5, 0.6) is 0 Å². The van der Waals surface area contributed by atoms with Crippen molar-refractivity contribution in [2.24, 2.45) is 0 Å². The number of sulfonamides is 1. The second-order valence-corrected chi connectivity index (χ2v) is 6.43. The van der Waals surface area contributed by atoms with Gasteiger partial charge >= 0.3 is 0 Å². The molecule has 0 fully saturated rings. The molecule has 2 rings (SSSR count). The van der Waals surface area contributed by atoms with E-state index in [1.54, 1.807) is 25.2 Å². The van der Waals surface area contributed by atoms with E-state index in [0.29, 0.717) is 13.0 Å². The van der Waals surface area contributed by atoms with Crippen LogP contribution in [0.3, 0.4) is 0 Å². The highest BCUT2D eigenvalue weighted by Gasteiger charge is 2.15. The van der Waals surface area contributed by atoms with Crippen molar-refractivity contribution in [1.82, 2.24) is 15.0 Å². The number of aromatic nitrogens is 1. The largest absolute Gasteiger partial charge is 0.363 e. The maximum atomic E-state index is 12.8. The predicted molar refractivity (Wildman–Crippen MR) is 78.8 cm³/mol. The molecular formula is C14H18FN3O2S. The Labute approximate surface area is 123 Å². The summed E-state index contributed by atoms with van der Waals surface area (Å²) in [7, 11) is -1.73. The van der Waals surface area contributed by atoms with E-state index in [4.69, 9.17) is 0 Å². The van der Waals surface area contributed by atoms with E-state index in [-0.39, 0.29) is 17.3 Å². The molecule has 5 nitrogen and oxygen atoms in total. The van der Waals surface area contributed by atoms with E-state index >= 15 is 0 Å². The molecule has 0 saturated heterocycles. The zero-order valence-corrected chi connectivity index (χ0v) is 12.5. The highest BCUT2D eigenvalue weighted by Crippen LogP contribution is 2.10. The van der Waals surface area contributed by atoms with Crippen LogP contribution in [0.25, 0.3) is 0 Å². The molecule has 0 radical (unpaired) electrons. The van der Waals surface area contributed by atoms with E-state index < -0.39 is 10.0 Å². The van der Waals surface area contributed by atoms with Crippen LogP contribution in [0.2, 0.25) is 0 Å². The summed E-state index contributed by atoms with van der Waals surface area (Å²) in [5.74, 6) is -0.302. The maximum absolute atomic E-state index is 12.8. The normalized spacial score (nSPS) is 11.7. The van der Waals surface area contributed by atoms with Gasteiger partial charge in [-0.2, -0.15) is 0 Å². The van der Waals surface area contributed by atoms with E-state index in [2.05, 4.69) is 15.0 Å². The minimum absolute atomic E-state index is 0.215. The molecule has 2 aromatic rings. The summed E-state index contributed by atoms with van der Waals surface area (Å²) in [5, 5.41) is 2.94. The zero-order chi connectivity index (χ0) is 15.3. The average Bonchev–Trinajstić information content (AvgIpc) is 2.91. The van der Waals surface area contributed by atoms with Crippen LogP contribution in [0.4, 0.5) is 4.39 Å².